The van der Waals surface area contributed by atoms with Crippen LogP contribution in [-0.2, 0) is 16.4 Å². The first kappa shape index (κ1) is 22.8. The molecule has 0 fully saturated rings. The van der Waals surface area contributed by atoms with Gasteiger partial charge in [0.05, 0.1) is 16.6 Å². The first-order valence-corrected chi connectivity index (χ1v) is 12.8. The number of nitrogens with one attached hydrogen (secondary N) is 1. The monoisotopic (exact) mass is 486 g/mol. The van der Waals surface area contributed by atoms with Gasteiger partial charge in [0.15, 0.2) is 0 Å². The van der Waals surface area contributed by atoms with E-state index in [9.17, 15) is 8.42 Å². The highest BCUT2D eigenvalue weighted by Crippen LogP contribution is 2.35. The number of nitrogen functional groups attached to an aromatic ring is 1. The summed E-state index contributed by atoms with van der Waals surface area (Å²) >= 11 is 0. The van der Waals surface area contributed by atoms with Crippen molar-refractivity contribution in [3.8, 4) is 11.1 Å². The van der Waals surface area contributed by atoms with Gasteiger partial charge >= 0.3 is 0 Å². The minimum absolute atomic E-state index is 0.00376. The van der Waals surface area contributed by atoms with Gasteiger partial charge in [-0.2, -0.15) is 5.10 Å². The number of benzene rings is 3. The van der Waals surface area contributed by atoms with E-state index in [0.29, 0.717) is 11.1 Å². The Morgan fingerprint density at radius 1 is 1.09 bits per heavy atom. The summed E-state index contributed by atoms with van der Waals surface area (Å²) < 4.78 is 24.1. The lowest BCUT2D eigenvalue weighted by molar-refractivity contribution is 0.598. The van der Waals surface area contributed by atoms with Crippen LogP contribution in [0.25, 0.3) is 11.1 Å². The molecule has 5 N–H and O–H groups in total. The van der Waals surface area contributed by atoms with Gasteiger partial charge in [-0.25, -0.2) is 13.6 Å². The molecular weight excluding hydrogens is 460 g/mol. The summed E-state index contributed by atoms with van der Waals surface area (Å²) in [6.45, 7) is 1.57. The Labute approximate surface area is 204 Å². The summed E-state index contributed by atoms with van der Waals surface area (Å²) in [6, 6.07) is 20.4. The topological polar surface area (TPSA) is 129 Å². The third-order valence-electron chi connectivity index (χ3n) is 6.33. The average molecular weight is 487 g/mol. The number of nitrogens with zero attached hydrogens (tertiary/aromatic N) is 3. The standard InChI is InChI=1S/C26H26N6O2S/c27-26(28)20-5-3-6-21(16-20)32-22(7-4-13-30-32)17-31-14-12-19-15-18(10-11-24(19)31)23-8-1-2-9-25(23)35(29,33)34/h1-11,13,15-16,22H,12,14,17H2,(H3,27,28)(H2,29,33,34). The summed E-state index contributed by atoms with van der Waals surface area (Å²) in [4.78, 5) is 2.45. The molecule has 0 aliphatic carbocycles. The van der Waals surface area contributed by atoms with E-state index in [0.717, 1.165) is 36.4 Å². The number of hydrazone groups is 1. The van der Waals surface area contributed by atoms with Crippen LogP contribution in [0.5, 0.6) is 0 Å². The molecule has 3 aromatic carbocycles. The predicted molar refractivity (Wildman–Crippen MR) is 141 cm³/mol. The van der Waals surface area contributed by atoms with Crippen LogP contribution in [0, 0.1) is 5.41 Å². The second-order valence-corrected chi connectivity index (χ2v) is 10.1. The van der Waals surface area contributed by atoms with Crippen molar-refractivity contribution in [1.29, 1.82) is 5.41 Å². The molecule has 9 heteroatoms. The maximum absolute atomic E-state index is 12.1. The first-order chi connectivity index (χ1) is 16.8. The molecule has 3 aromatic rings. The van der Waals surface area contributed by atoms with Crippen molar-refractivity contribution >= 4 is 33.4 Å². The van der Waals surface area contributed by atoms with Crippen LogP contribution in [0.15, 0.2) is 88.9 Å². The summed E-state index contributed by atoms with van der Waals surface area (Å²) in [7, 11) is -3.82. The van der Waals surface area contributed by atoms with Gasteiger partial charge in [-0.3, -0.25) is 10.4 Å². The lowest BCUT2D eigenvalue weighted by Crippen LogP contribution is -2.41. The normalized spacial score (nSPS) is 17.0. The molecule has 1 unspecified atom stereocenters. The Morgan fingerprint density at radius 2 is 1.91 bits per heavy atom. The highest BCUT2D eigenvalue weighted by Gasteiger charge is 2.26. The van der Waals surface area contributed by atoms with E-state index in [-0.39, 0.29) is 16.8 Å². The van der Waals surface area contributed by atoms with E-state index < -0.39 is 10.0 Å². The maximum Gasteiger partial charge on any atom is 0.238 e. The van der Waals surface area contributed by atoms with Crippen molar-refractivity contribution in [3.63, 3.8) is 0 Å². The molecule has 2 aliphatic heterocycles. The fourth-order valence-corrected chi connectivity index (χ4v) is 5.43. The summed E-state index contributed by atoms with van der Waals surface area (Å²) in [6.07, 6.45) is 6.67. The van der Waals surface area contributed by atoms with Crippen molar-refractivity contribution in [3.05, 3.63) is 90.0 Å². The molecule has 2 aliphatic rings. The third-order valence-corrected chi connectivity index (χ3v) is 7.30. The number of anilines is 2. The van der Waals surface area contributed by atoms with Crippen molar-refractivity contribution in [2.75, 3.05) is 23.0 Å². The molecule has 0 amide bonds. The highest BCUT2D eigenvalue weighted by molar-refractivity contribution is 7.89. The van der Waals surface area contributed by atoms with Gasteiger partial charge in [0.1, 0.15) is 5.84 Å². The second-order valence-electron chi connectivity index (χ2n) is 8.61. The number of sulfonamides is 1. The molecule has 0 spiro atoms. The average Bonchev–Trinajstić information content (AvgIpc) is 3.26. The Morgan fingerprint density at radius 3 is 2.71 bits per heavy atom. The minimum atomic E-state index is -3.82. The summed E-state index contributed by atoms with van der Waals surface area (Å²) in [5, 5.41) is 19.7. The molecule has 0 radical (unpaired) electrons. The first-order valence-electron chi connectivity index (χ1n) is 11.3. The van der Waals surface area contributed by atoms with Crippen LogP contribution in [0.1, 0.15) is 11.1 Å². The van der Waals surface area contributed by atoms with E-state index in [4.69, 9.17) is 16.3 Å². The lowest BCUT2D eigenvalue weighted by atomic mass is 10.0. The van der Waals surface area contributed by atoms with Gasteiger partial charge in [-0.1, -0.05) is 42.5 Å². The molecule has 0 saturated heterocycles. The number of fused-ring (bicyclic) bond motifs is 1. The summed E-state index contributed by atoms with van der Waals surface area (Å²) in [5.74, 6) is 0.0215. The van der Waals surface area contributed by atoms with Crippen LogP contribution in [-0.4, -0.2) is 39.6 Å². The number of allylic oxidation sites excluding steroid dienone is 1. The van der Waals surface area contributed by atoms with Gasteiger partial charge in [0, 0.05) is 36.1 Å². The van der Waals surface area contributed by atoms with Gasteiger partial charge in [0.25, 0.3) is 0 Å². The molecule has 0 saturated carbocycles. The van der Waals surface area contributed by atoms with Crippen LogP contribution >= 0.6 is 0 Å². The largest absolute Gasteiger partial charge is 0.384 e. The molecule has 5 rings (SSSR count). The number of amidine groups is 1. The quantitative estimate of drug-likeness (QED) is 0.364. The fourth-order valence-electron chi connectivity index (χ4n) is 4.67. The molecular formula is C26H26N6O2S. The van der Waals surface area contributed by atoms with Gasteiger partial charge < -0.3 is 10.6 Å². The van der Waals surface area contributed by atoms with Gasteiger partial charge in [-0.05, 0) is 54.0 Å². The van der Waals surface area contributed by atoms with Gasteiger partial charge in [-0.15, -0.1) is 0 Å². The van der Waals surface area contributed by atoms with E-state index >= 15 is 0 Å². The second kappa shape index (κ2) is 9.01. The van der Waals surface area contributed by atoms with Crippen LogP contribution in [0.3, 0.4) is 0 Å². The van der Waals surface area contributed by atoms with E-state index in [1.807, 2.05) is 53.5 Å². The van der Waals surface area contributed by atoms with Crippen molar-refractivity contribution < 1.29 is 8.42 Å². The van der Waals surface area contributed by atoms with Crippen molar-refractivity contribution in [2.24, 2.45) is 16.0 Å². The SMILES string of the molecule is N=C(N)c1cccc(N2N=CC=CC2CN2CCc3cc(-c4ccccc4S(N)(=O)=O)ccc32)c1. The number of rotatable bonds is 6. The number of hydrogen-bond donors (Lipinski definition) is 3. The fraction of sp³-hybridized carbons (Fsp3) is 0.154. The lowest BCUT2D eigenvalue weighted by Gasteiger charge is -2.33. The maximum atomic E-state index is 12.1. The Balaban J connectivity index is 1.41. The number of hydrogen-bond acceptors (Lipinski definition) is 6. The molecule has 0 aromatic heterocycles. The molecule has 178 valence electrons. The Bertz CT molecular complexity index is 1460. The number of nitrogens with two attached hydrogens (primary N) is 2. The minimum Gasteiger partial charge on any atom is -0.384 e. The van der Waals surface area contributed by atoms with Crippen LogP contribution < -0.4 is 20.8 Å². The smallest absolute Gasteiger partial charge is 0.238 e. The zero-order valence-electron chi connectivity index (χ0n) is 19.0. The predicted octanol–water partition coefficient (Wildman–Crippen LogP) is 3.08. The molecule has 35 heavy (non-hydrogen) atoms. The van der Waals surface area contributed by atoms with Crippen LogP contribution in [0.2, 0.25) is 0 Å². The van der Waals surface area contributed by atoms with Crippen molar-refractivity contribution in [2.45, 2.75) is 17.4 Å². The Kier molecular flexibility index (Phi) is 5.88. The van der Waals surface area contributed by atoms with E-state index in [1.165, 1.54) is 11.6 Å². The molecule has 0 bridgehead atoms. The van der Waals surface area contributed by atoms with E-state index in [2.05, 4.69) is 22.1 Å². The molecule has 8 nitrogen and oxygen atoms in total. The van der Waals surface area contributed by atoms with E-state index in [1.54, 1.807) is 18.3 Å². The molecule has 1 atom stereocenters. The summed E-state index contributed by atoms with van der Waals surface area (Å²) in [5.41, 5.74) is 10.9. The highest BCUT2D eigenvalue weighted by atomic mass is 32.2. The number of primary sulfonamides is 1. The Hall–Kier alpha value is -3.95. The van der Waals surface area contributed by atoms with Crippen molar-refractivity contribution in [1.82, 2.24) is 0 Å². The zero-order chi connectivity index (χ0) is 24.6. The van der Waals surface area contributed by atoms with Crippen LogP contribution in [0.4, 0.5) is 11.4 Å². The zero-order valence-corrected chi connectivity index (χ0v) is 19.8. The molecule has 2 heterocycles. The third kappa shape index (κ3) is 4.55. The van der Waals surface area contributed by atoms with Gasteiger partial charge in [0.2, 0.25) is 10.0 Å².